The van der Waals surface area contributed by atoms with Crippen LogP contribution in [-0.2, 0) is 20.0 Å². The molecule has 0 unspecified atom stereocenters. The number of benzene rings is 2. The van der Waals surface area contributed by atoms with Gasteiger partial charge in [-0.2, -0.15) is 0 Å². The van der Waals surface area contributed by atoms with Crippen LogP contribution in [0, 0.1) is 0 Å². The topological polar surface area (TPSA) is 51.3 Å². The third-order valence-electron chi connectivity index (χ3n) is 4.91. The van der Waals surface area contributed by atoms with Crippen molar-refractivity contribution in [3.8, 4) is 0 Å². The van der Waals surface area contributed by atoms with Crippen LogP contribution in [0.5, 0.6) is 0 Å². The third kappa shape index (κ3) is 3.98. The highest BCUT2D eigenvalue weighted by atomic mass is 16.3. The predicted molar refractivity (Wildman–Crippen MR) is 109 cm³/mol. The molecule has 0 saturated heterocycles. The van der Waals surface area contributed by atoms with E-state index in [1.807, 2.05) is 71.2 Å². The number of nitrogens with zero attached hydrogens (tertiary/aromatic N) is 3. The zero-order valence-electron chi connectivity index (χ0n) is 15.9. The van der Waals surface area contributed by atoms with E-state index in [2.05, 4.69) is 17.1 Å². The van der Waals surface area contributed by atoms with Gasteiger partial charge in [0.1, 0.15) is 11.4 Å². The first-order valence-corrected chi connectivity index (χ1v) is 9.49. The summed E-state index contributed by atoms with van der Waals surface area (Å²) in [5.74, 6) is 1.12. The van der Waals surface area contributed by atoms with Crippen molar-refractivity contribution in [2.45, 2.75) is 19.4 Å². The molecule has 2 aromatic heterocycles. The Balaban J connectivity index is 1.52. The largest absolute Gasteiger partial charge is 0.451 e. The van der Waals surface area contributed by atoms with E-state index in [4.69, 9.17) is 4.42 Å². The van der Waals surface area contributed by atoms with Crippen molar-refractivity contribution < 1.29 is 9.21 Å². The number of carbonyl (C=O) groups excluding carboxylic acids is 1. The van der Waals surface area contributed by atoms with Gasteiger partial charge in [0.05, 0.1) is 6.54 Å². The van der Waals surface area contributed by atoms with Gasteiger partial charge in [0.2, 0.25) is 0 Å². The number of hydrogen-bond donors (Lipinski definition) is 0. The van der Waals surface area contributed by atoms with Crippen molar-refractivity contribution >= 4 is 16.9 Å². The first-order chi connectivity index (χ1) is 13.7. The minimum Gasteiger partial charge on any atom is -0.451 e. The van der Waals surface area contributed by atoms with Crippen LogP contribution >= 0.6 is 0 Å². The molecule has 0 bridgehead atoms. The van der Waals surface area contributed by atoms with Crippen molar-refractivity contribution in [3.63, 3.8) is 0 Å². The smallest absolute Gasteiger partial charge is 0.290 e. The monoisotopic (exact) mass is 373 g/mol. The number of para-hydroxylation sites is 1. The van der Waals surface area contributed by atoms with Crippen LogP contribution < -0.4 is 0 Å². The molecule has 2 aromatic carbocycles. The van der Waals surface area contributed by atoms with E-state index in [0.717, 1.165) is 29.6 Å². The van der Waals surface area contributed by atoms with Gasteiger partial charge in [-0.3, -0.25) is 4.79 Å². The maximum atomic E-state index is 13.2. The standard InChI is InChI=1S/C23H23N3O2/c1-25-15-13-24-22(25)17-26(14-7-10-18-8-3-2-4-9-18)23(27)21-16-19-11-5-6-12-20(19)28-21/h2-6,8-9,11-13,15-16H,7,10,14,17H2,1H3. The molecule has 0 radical (unpaired) electrons. The molecule has 0 saturated carbocycles. The maximum Gasteiger partial charge on any atom is 0.290 e. The molecule has 142 valence electrons. The van der Waals surface area contributed by atoms with Gasteiger partial charge in [-0.1, -0.05) is 48.5 Å². The van der Waals surface area contributed by atoms with E-state index in [-0.39, 0.29) is 5.91 Å². The minimum atomic E-state index is -0.104. The number of aromatic nitrogens is 2. The number of imidazole rings is 1. The van der Waals surface area contributed by atoms with Crippen LogP contribution in [0.4, 0.5) is 0 Å². The van der Waals surface area contributed by atoms with Gasteiger partial charge in [0.15, 0.2) is 5.76 Å². The summed E-state index contributed by atoms with van der Waals surface area (Å²) in [5, 5.41) is 0.937. The van der Waals surface area contributed by atoms with E-state index in [9.17, 15) is 4.79 Å². The first-order valence-electron chi connectivity index (χ1n) is 9.49. The fraction of sp³-hybridized carbons (Fsp3) is 0.217. The van der Waals surface area contributed by atoms with Crippen molar-refractivity contribution in [2.75, 3.05) is 6.54 Å². The quantitative estimate of drug-likeness (QED) is 0.481. The summed E-state index contributed by atoms with van der Waals surface area (Å²) in [5.41, 5.74) is 2.00. The van der Waals surface area contributed by atoms with Gasteiger partial charge < -0.3 is 13.9 Å². The summed E-state index contributed by atoms with van der Waals surface area (Å²) < 4.78 is 7.75. The fourth-order valence-corrected chi connectivity index (χ4v) is 3.33. The summed E-state index contributed by atoms with van der Waals surface area (Å²) in [6, 6.07) is 19.8. The van der Waals surface area contributed by atoms with E-state index >= 15 is 0 Å². The second kappa shape index (κ2) is 8.13. The Bertz CT molecular complexity index is 1030. The molecular formula is C23H23N3O2. The molecule has 0 aliphatic rings. The summed E-state index contributed by atoms with van der Waals surface area (Å²) in [6.45, 7) is 1.09. The minimum absolute atomic E-state index is 0.104. The summed E-state index contributed by atoms with van der Waals surface area (Å²) in [6.07, 6.45) is 5.44. The van der Waals surface area contributed by atoms with Crippen molar-refractivity contribution in [1.29, 1.82) is 0 Å². The highest BCUT2D eigenvalue weighted by molar-refractivity contribution is 5.96. The van der Waals surface area contributed by atoms with E-state index in [1.54, 1.807) is 6.20 Å². The van der Waals surface area contributed by atoms with Crippen molar-refractivity contribution in [1.82, 2.24) is 14.5 Å². The molecule has 0 aliphatic heterocycles. The summed E-state index contributed by atoms with van der Waals surface area (Å²) in [7, 11) is 1.94. The van der Waals surface area contributed by atoms with Crippen LogP contribution in [0.15, 0.2) is 77.5 Å². The Morgan fingerprint density at radius 1 is 1.11 bits per heavy atom. The number of carbonyl (C=O) groups is 1. The Labute approximate surface area is 164 Å². The van der Waals surface area contributed by atoms with Crippen LogP contribution in [-0.4, -0.2) is 26.9 Å². The van der Waals surface area contributed by atoms with Crippen LogP contribution in [0.25, 0.3) is 11.0 Å². The third-order valence-corrected chi connectivity index (χ3v) is 4.91. The van der Waals surface area contributed by atoms with Crippen LogP contribution in [0.2, 0.25) is 0 Å². The van der Waals surface area contributed by atoms with E-state index in [1.165, 1.54) is 5.56 Å². The van der Waals surface area contributed by atoms with Gasteiger partial charge in [-0.15, -0.1) is 0 Å². The zero-order valence-corrected chi connectivity index (χ0v) is 15.9. The number of aryl methyl sites for hydroxylation is 2. The Morgan fingerprint density at radius 2 is 1.89 bits per heavy atom. The average molecular weight is 373 g/mol. The van der Waals surface area contributed by atoms with E-state index < -0.39 is 0 Å². The van der Waals surface area contributed by atoms with E-state index in [0.29, 0.717) is 18.8 Å². The number of furan rings is 1. The molecule has 28 heavy (non-hydrogen) atoms. The number of fused-ring (bicyclic) bond motifs is 1. The summed E-state index contributed by atoms with van der Waals surface area (Å²) in [4.78, 5) is 19.4. The highest BCUT2D eigenvalue weighted by Gasteiger charge is 2.21. The van der Waals surface area contributed by atoms with Crippen molar-refractivity contribution in [2.24, 2.45) is 7.05 Å². The second-order valence-electron chi connectivity index (χ2n) is 6.92. The lowest BCUT2D eigenvalue weighted by atomic mass is 10.1. The molecule has 0 aliphatic carbocycles. The fourth-order valence-electron chi connectivity index (χ4n) is 3.33. The SMILES string of the molecule is Cn1ccnc1CN(CCCc1ccccc1)C(=O)c1cc2ccccc2o1. The first kappa shape index (κ1) is 18.0. The van der Waals surface area contributed by atoms with Gasteiger partial charge in [0, 0.05) is 31.4 Å². The number of hydrogen-bond acceptors (Lipinski definition) is 3. The van der Waals surface area contributed by atoms with Gasteiger partial charge in [-0.25, -0.2) is 4.98 Å². The normalized spacial score (nSPS) is 11.0. The molecule has 0 fully saturated rings. The number of rotatable bonds is 7. The molecule has 4 aromatic rings. The second-order valence-corrected chi connectivity index (χ2v) is 6.92. The van der Waals surface area contributed by atoms with Gasteiger partial charge >= 0.3 is 0 Å². The molecule has 4 rings (SSSR count). The Morgan fingerprint density at radius 3 is 2.64 bits per heavy atom. The molecule has 2 heterocycles. The van der Waals surface area contributed by atoms with Gasteiger partial charge in [0.25, 0.3) is 5.91 Å². The number of amides is 1. The van der Waals surface area contributed by atoms with Crippen LogP contribution in [0.1, 0.15) is 28.4 Å². The van der Waals surface area contributed by atoms with Crippen molar-refractivity contribution in [3.05, 3.63) is 90.2 Å². The highest BCUT2D eigenvalue weighted by Crippen LogP contribution is 2.21. The zero-order chi connectivity index (χ0) is 19.3. The molecule has 0 spiro atoms. The molecule has 5 heteroatoms. The molecule has 5 nitrogen and oxygen atoms in total. The summed E-state index contributed by atoms with van der Waals surface area (Å²) >= 11 is 0. The lowest BCUT2D eigenvalue weighted by Crippen LogP contribution is -2.32. The lowest BCUT2D eigenvalue weighted by molar-refractivity contribution is 0.0705. The maximum absolute atomic E-state index is 13.2. The average Bonchev–Trinajstić information content (AvgIpc) is 3.33. The Kier molecular flexibility index (Phi) is 5.24. The lowest BCUT2D eigenvalue weighted by Gasteiger charge is -2.21. The predicted octanol–water partition coefficient (Wildman–Crippen LogP) is 4.44. The molecule has 1 amide bonds. The van der Waals surface area contributed by atoms with Gasteiger partial charge in [-0.05, 0) is 30.5 Å². The van der Waals surface area contributed by atoms with Crippen LogP contribution in [0.3, 0.4) is 0 Å². The Hall–Kier alpha value is -3.34. The molecule has 0 N–H and O–H groups in total. The molecule has 0 atom stereocenters. The molecular weight excluding hydrogens is 350 g/mol.